The van der Waals surface area contributed by atoms with E-state index in [0.717, 1.165) is 36.5 Å². The third-order valence-electron chi connectivity index (χ3n) is 3.82. The zero-order chi connectivity index (χ0) is 14.7. The van der Waals surface area contributed by atoms with Gasteiger partial charge in [0.1, 0.15) is 5.82 Å². The van der Waals surface area contributed by atoms with Crippen molar-refractivity contribution in [2.24, 2.45) is 0 Å². The average molecular weight is 296 g/mol. The molecule has 0 radical (unpaired) electrons. The van der Waals surface area contributed by atoms with Gasteiger partial charge < -0.3 is 4.57 Å². The molecule has 1 heterocycles. The van der Waals surface area contributed by atoms with Gasteiger partial charge in [-0.25, -0.2) is 4.98 Å². The fourth-order valence-corrected chi connectivity index (χ4v) is 2.88. The molecule has 21 heavy (non-hydrogen) atoms. The molecule has 0 bridgehead atoms. The maximum atomic E-state index is 4.82. The van der Waals surface area contributed by atoms with Crippen molar-refractivity contribution in [3.8, 4) is 0 Å². The number of thiol groups is 1. The lowest BCUT2D eigenvalue weighted by Crippen LogP contribution is -2.05. The summed E-state index contributed by atoms with van der Waals surface area (Å²) in [4.78, 5) is 4.82. The van der Waals surface area contributed by atoms with E-state index in [1.54, 1.807) is 0 Å². The van der Waals surface area contributed by atoms with Gasteiger partial charge in [-0.1, -0.05) is 43.3 Å². The zero-order valence-electron chi connectivity index (χ0n) is 12.3. The van der Waals surface area contributed by atoms with Gasteiger partial charge in [-0.05, 0) is 35.4 Å². The molecule has 0 unspecified atom stereocenters. The van der Waals surface area contributed by atoms with Gasteiger partial charge in [0.2, 0.25) is 0 Å². The van der Waals surface area contributed by atoms with E-state index in [0.29, 0.717) is 0 Å². The SMILES string of the molecule is CCc1ccc2c(c1)nc(CCS)n2Cc1ccccc1. The molecule has 108 valence electrons. The molecule has 0 aliphatic carbocycles. The molecule has 0 aliphatic heterocycles. The summed E-state index contributed by atoms with van der Waals surface area (Å²) in [5.74, 6) is 1.94. The average Bonchev–Trinajstić information content (AvgIpc) is 2.85. The molecule has 2 aromatic carbocycles. The van der Waals surface area contributed by atoms with Crippen molar-refractivity contribution >= 4 is 23.7 Å². The van der Waals surface area contributed by atoms with E-state index < -0.39 is 0 Å². The highest BCUT2D eigenvalue weighted by atomic mass is 32.1. The van der Waals surface area contributed by atoms with Crippen LogP contribution in [0, 0.1) is 0 Å². The van der Waals surface area contributed by atoms with Crippen LogP contribution in [-0.4, -0.2) is 15.3 Å². The number of fused-ring (bicyclic) bond motifs is 1. The zero-order valence-corrected chi connectivity index (χ0v) is 13.2. The van der Waals surface area contributed by atoms with Crippen LogP contribution in [0.15, 0.2) is 48.5 Å². The first-order valence-corrected chi connectivity index (χ1v) is 8.08. The third-order valence-corrected chi connectivity index (χ3v) is 4.04. The first-order valence-electron chi connectivity index (χ1n) is 7.44. The highest BCUT2D eigenvalue weighted by Crippen LogP contribution is 2.20. The number of aryl methyl sites for hydroxylation is 2. The number of hydrogen-bond donors (Lipinski definition) is 1. The number of benzene rings is 2. The molecule has 0 saturated heterocycles. The Bertz CT molecular complexity index is 732. The van der Waals surface area contributed by atoms with Gasteiger partial charge in [-0.3, -0.25) is 0 Å². The lowest BCUT2D eigenvalue weighted by Gasteiger charge is -2.09. The van der Waals surface area contributed by atoms with Crippen LogP contribution >= 0.6 is 12.6 Å². The summed E-state index contributed by atoms with van der Waals surface area (Å²) >= 11 is 4.37. The maximum Gasteiger partial charge on any atom is 0.110 e. The van der Waals surface area contributed by atoms with Crippen LogP contribution in [0.25, 0.3) is 11.0 Å². The molecule has 0 aliphatic rings. The molecule has 3 aromatic rings. The fraction of sp³-hybridized carbons (Fsp3) is 0.278. The van der Waals surface area contributed by atoms with E-state index in [1.807, 2.05) is 0 Å². The van der Waals surface area contributed by atoms with E-state index in [4.69, 9.17) is 4.98 Å². The Kier molecular flexibility index (Phi) is 4.30. The van der Waals surface area contributed by atoms with Crippen LogP contribution in [0.5, 0.6) is 0 Å². The number of hydrogen-bond acceptors (Lipinski definition) is 2. The topological polar surface area (TPSA) is 17.8 Å². The molecule has 0 spiro atoms. The first-order chi connectivity index (χ1) is 10.3. The standard InChI is InChI=1S/C18H20N2S/c1-2-14-8-9-17-16(12-14)19-18(10-11-21)20(17)13-15-6-4-3-5-7-15/h3-9,12,21H,2,10-11,13H2,1H3. The van der Waals surface area contributed by atoms with Crippen molar-refractivity contribution in [1.82, 2.24) is 9.55 Å². The maximum absolute atomic E-state index is 4.82. The molecule has 1 aromatic heterocycles. The molecule has 0 fully saturated rings. The van der Waals surface area contributed by atoms with Crippen molar-refractivity contribution in [2.45, 2.75) is 26.3 Å². The van der Waals surface area contributed by atoms with Crippen LogP contribution in [0.2, 0.25) is 0 Å². The van der Waals surface area contributed by atoms with Crippen LogP contribution in [0.3, 0.4) is 0 Å². The van der Waals surface area contributed by atoms with Crippen LogP contribution in [0.4, 0.5) is 0 Å². The number of rotatable bonds is 5. The second-order valence-corrected chi connectivity index (χ2v) is 5.70. The van der Waals surface area contributed by atoms with Gasteiger partial charge in [-0.2, -0.15) is 12.6 Å². The highest BCUT2D eigenvalue weighted by molar-refractivity contribution is 7.80. The van der Waals surface area contributed by atoms with Gasteiger partial charge in [0, 0.05) is 13.0 Å². The molecule has 0 N–H and O–H groups in total. The molecule has 2 nitrogen and oxygen atoms in total. The van der Waals surface area contributed by atoms with Gasteiger partial charge >= 0.3 is 0 Å². The van der Waals surface area contributed by atoms with Crippen LogP contribution < -0.4 is 0 Å². The Morgan fingerprint density at radius 1 is 1.05 bits per heavy atom. The second-order valence-electron chi connectivity index (χ2n) is 5.25. The summed E-state index contributed by atoms with van der Waals surface area (Å²) in [5.41, 5.74) is 4.95. The number of aromatic nitrogens is 2. The molecule has 0 saturated carbocycles. The van der Waals surface area contributed by atoms with Crippen LogP contribution in [-0.2, 0) is 19.4 Å². The van der Waals surface area contributed by atoms with Gasteiger partial charge in [-0.15, -0.1) is 0 Å². The number of imidazole rings is 1. The van der Waals surface area contributed by atoms with Crippen LogP contribution in [0.1, 0.15) is 23.9 Å². The predicted molar refractivity (Wildman–Crippen MR) is 92.2 cm³/mol. The lowest BCUT2D eigenvalue weighted by atomic mass is 10.1. The molecule has 0 atom stereocenters. The third kappa shape index (κ3) is 2.98. The van der Waals surface area contributed by atoms with Crippen molar-refractivity contribution in [2.75, 3.05) is 5.75 Å². The Balaban J connectivity index is 2.07. The summed E-state index contributed by atoms with van der Waals surface area (Å²) in [6.45, 7) is 3.04. The fourth-order valence-electron chi connectivity index (χ4n) is 2.68. The molecule has 3 rings (SSSR count). The smallest absolute Gasteiger partial charge is 0.110 e. The van der Waals surface area contributed by atoms with Gasteiger partial charge in [0.25, 0.3) is 0 Å². The highest BCUT2D eigenvalue weighted by Gasteiger charge is 2.11. The minimum atomic E-state index is 0.818. The Morgan fingerprint density at radius 2 is 1.86 bits per heavy atom. The summed E-state index contributed by atoms with van der Waals surface area (Å²) in [6, 6.07) is 17.2. The largest absolute Gasteiger partial charge is 0.323 e. The van der Waals surface area contributed by atoms with E-state index >= 15 is 0 Å². The Labute approximate surface area is 131 Å². The quantitative estimate of drug-likeness (QED) is 0.701. The van der Waals surface area contributed by atoms with E-state index in [2.05, 4.69) is 72.7 Å². The number of nitrogens with zero attached hydrogens (tertiary/aromatic N) is 2. The van der Waals surface area contributed by atoms with Gasteiger partial charge in [0.15, 0.2) is 0 Å². The van der Waals surface area contributed by atoms with E-state index in [1.165, 1.54) is 16.6 Å². The summed E-state index contributed by atoms with van der Waals surface area (Å²) < 4.78 is 2.32. The molecular weight excluding hydrogens is 276 g/mol. The summed E-state index contributed by atoms with van der Waals surface area (Å²) in [5, 5.41) is 0. The first kappa shape index (κ1) is 14.2. The van der Waals surface area contributed by atoms with Crippen molar-refractivity contribution in [3.63, 3.8) is 0 Å². The Morgan fingerprint density at radius 3 is 2.57 bits per heavy atom. The predicted octanol–water partition coefficient (Wildman–Crippen LogP) is 4.12. The Hall–Kier alpha value is -1.74. The summed E-state index contributed by atoms with van der Waals surface area (Å²) in [7, 11) is 0. The van der Waals surface area contributed by atoms with E-state index in [9.17, 15) is 0 Å². The van der Waals surface area contributed by atoms with Crippen molar-refractivity contribution in [1.29, 1.82) is 0 Å². The second kappa shape index (κ2) is 6.35. The molecule has 0 amide bonds. The van der Waals surface area contributed by atoms with Gasteiger partial charge in [0.05, 0.1) is 11.0 Å². The lowest BCUT2D eigenvalue weighted by molar-refractivity contribution is 0.756. The molecular formula is C18H20N2S. The normalized spacial score (nSPS) is 11.1. The monoisotopic (exact) mass is 296 g/mol. The van der Waals surface area contributed by atoms with Crippen molar-refractivity contribution in [3.05, 3.63) is 65.5 Å². The minimum absolute atomic E-state index is 0.818. The minimum Gasteiger partial charge on any atom is -0.323 e. The van der Waals surface area contributed by atoms with E-state index in [-0.39, 0.29) is 0 Å². The summed E-state index contributed by atoms with van der Waals surface area (Å²) in [6.07, 6.45) is 1.94. The molecule has 3 heteroatoms. The van der Waals surface area contributed by atoms with Crippen molar-refractivity contribution < 1.29 is 0 Å².